The van der Waals surface area contributed by atoms with E-state index in [0.29, 0.717) is 42.6 Å². The molecule has 0 radical (unpaired) electrons. The summed E-state index contributed by atoms with van der Waals surface area (Å²) in [6.07, 6.45) is 3.57. The number of nitrogens with zero attached hydrogens (tertiary/aromatic N) is 3. The number of anilines is 1. The van der Waals surface area contributed by atoms with E-state index in [9.17, 15) is 12.8 Å². The molecule has 1 N–H and O–H groups in total. The van der Waals surface area contributed by atoms with Gasteiger partial charge < -0.3 is 19.5 Å². The normalized spacial score (nSPS) is 15.7. The van der Waals surface area contributed by atoms with Gasteiger partial charge in [-0.15, -0.1) is 0 Å². The summed E-state index contributed by atoms with van der Waals surface area (Å²) in [5.41, 5.74) is 2.14. The van der Waals surface area contributed by atoms with Gasteiger partial charge in [0.1, 0.15) is 5.82 Å². The number of ether oxygens (including phenoxy) is 1. The lowest BCUT2D eigenvalue weighted by molar-refractivity contribution is 0.0900. The minimum atomic E-state index is -3.68. The van der Waals surface area contributed by atoms with E-state index in [1.165, 1.54) is 12.1 Å². The first-order valence-corrected chi connectivity index (χ1v) is 14.5. The molecule has 1 aromatic heterocycles. The number of imidazole rings is 1. The zero-order valence-corrected chi connectivity index (χ0v) is 22.8. The summed E-state index contributed by atoms with van der Waals surface area (Å²) in [6.45, 7) is 6.21. The highest BCUT2D eigenvalue weighted by Crippen LogP contribution is 2.22. The van der Waals surface area contributed by atoms with Gasteiger partial charge >= 0.3 is 0 Å². The van der Waals surface area contributed by atoms with E-state index in [0.717, 1.165) is 18.5 Å². The second-order valence-electron chi connectivity index (χ2n) is 9.73. The monoisotopic (exact) mass is 544 g/mol. The maximum absolute atomic E-state index is 13.4. The van der Waals surface area contributed by atoms with Crippen molar-refractivity contribution in [3.05, 3.63) is 77.9 Å². The first kappa shape index (κ1) is 27.2. The highest BCUT2D eigenvalue weighted by atomic mass is 32.2. The summed E-state index contributed by atoms with van der Waals surface area (Å²) in [6, 6.07) is 15.1. The second-order valence-corrected chi connectivity index (χ2v) is 12.0. The number of hydrogen-bond acceptors (Lipinski definition) is 5. The Balaban J connectivity index is 1.61. The van der Waals surface area contributed by atoms with Crippen molar-refractivity contribution < 1.29 is 17.5 Å². The summed E-state index contributed by atoms with van der Waals surface area (Å²) in [7, 11) is -3.68. The van der Waals surface area contributed by atoms with Gasteiger partial charge in [-0.25, -0.2) is 17.8 Å². The Labute approximate surface area is 223 Å². The van der Waals surface area contributed by atoms with Crippen LogP contribution in [0.5, 0.6) is 0 Å². The predicted octanol–water partition coefficient (Wildman–Crippen LogP) is 5.03. The van der Waals surface area contributed by atoms with Gasteiger partial charge in [-0.2, -0.15) is 0 Å². The average Bonchev–Trinajstić information content (AvgIpc) is 3.51. The topological polar surface area (TPSA) is 76.5 Å². The SMILES string of the molecule is CC(C)Cn1c(CN(C[C@@H]2CCCO2)C(=S)Nc2ccc(F)cc2)cnc1S(=O)(=O)Cc1ccccc1. The van der Waals surface area contributed by atoms with Crippen molar-refractivity contribution in [2.24, 2.45) is 5.92 Å². The number of sulfone groups is 1. The van der Waals surface area contributed by atoms with Gasteiger partial charge in [-0.05, 0) is 60.8 Å². The van der Waals surface area contributed by atoms with Gasteiger partial charge in [-0.1, -0.05) is 44.2 Å². The zero-order valence-electron chi connectivity index (χ0n) is 21.1. The molecule has 0 bridgehead atoms. The standard InChI is InChI=1S/C27H33FN4O3S2/c1-20(2)16-32-24(15-29-27(32)37(33,34)19-21-7-4-3-5-8-21)17-31(18-25-9-6-14-35-25)26(36)30-23-12-10-22(28)11-13-23/h3-5,7-8,10-13,15,20,25H,6,9,14,16-19H2,1-2H3,(H,30,36)/t25-/m0/s1. The molecule has 0 unspecified atom stereocenters. The van der Waals surface area contributed by atoms with Gasteiger partial charge in [0.05, 0.1) is 30.3 Å². The number of hydrogen-bond donors (Lipinski definition) is 1. The van der Waals surface area contributed by atoms with Crippen molar-refractivity contribution in [1.29, 1.82) is 0 Å². The molecular weight excluding hydrogens is 511 g/mol. The molecule has 4 rings (SSSR count). The Kier molecular flexibility index (Phi) is 8.94. The number of rotatable bonds is 10. The molecule has 198 valence electrons. The molecular formula is C27H33FN4O3S2. The largest absolute Gasteiger partial charge is 0.376 e. The molecule has 10 heteroatoms. The Morgan fingerprint density at radius 2 is 1.95 bits per heavy atom. The highest BCUT2D eigenvalue weighted by molar-refractivity contribution is 7.90. The van der Waals surface area contributed by atoms with Crippen molar-refractivity contribution in [3.63, 3.8) is 0 Å². The van der Waals surface area contributed by atoms with Crippen LogP contribution in [0.3, 0.4) is 0 Å². The van der Waals surface area contributed by atoms with Crippen molar-refractivity contribution in [2.45, 2.75) is 56.8 Å². The smallest absolute Gasteiger partial charge is 0.228 e. The summed E-state index contributed by atoms with van der Waals surface area (Å²) in [5, 5.41) is 3.70. The fourth-order valence-electron chi connectivity index (χ4n) is 4.37. The van der Waals surface area contributed by atoms with Gasteiger partial charge in [0.25, 0.3) is 0 Å². The Morgan fingerprint density at radius 1 is 1.22 bits per heavy atom. The van der Waals surface area contributed by atoms with Crippen LogP contribution in [-0.4, -0.2) is 47.2 Å². The van der Waals surface area contributed by atoms with Crippen LogP contribution in [-0.2, 0) is 33.4 Å². The summed E-state index contributed by atoms with van der Waals surface area (Å²) in [5.74, 6) is -0.240. The fraction of sp³-hybridized carbons (Fsp3) is 0.407. The van der Waals surface area contributed by atoms with E-state index < -0.39 is 9.84 Å². The van der Waals surface area contributed by atoms with E-state index in [1.807, 2.05) is 36.9 Å². The highest BCUT2D eigenvalue weighted by Gasteiger charge is 2.27. The first-order valence-electron chi connectivity index (χ1n) is 12.5. The van der Waals surface area contributed by atoms with Crippen LogP contribution in [0.2, 0.25) is 0 Å². The number of benzene rings is 2. The third-order valence-electron chi connectivity index (χ3n) is 6.11. The number of halogens is 1. The molecule has 1 saturated heterocycles. The number of nitrogens with one attached hydrogen (secondary N) is 1. The van der Waals surface area contributed by atoms with Crippen LogP contribution in [0, 0.1) is 11.7 Å². The Bertz CT molecular complexity index is 1290. The van der Waals surface area contributed by atoms with Gasteiger partial charge in [0.2, 0.25) is 15.0 Å². The third-order valence-corrected chi connectivity index (χ3v) is 8.07. The van der Waals surface area contributed by atoms with Crippen molar-refractivity contribution in [1.82, 2.24) is 14.5 Å². The molecule has 0 saturated carbocycles. The molecule has 0 spiro atoms. The molecule has 0 aliphatic carbocycles. The molecule has 1 fully saturated rings. The van der Waals surface area contributed by atoms with Crippen LogP contribution >= 0.6 is 12.2 Å². The first-order chi connectivity index (χ1) is 17.7. The Hall–Kier alpha value is -2.82. The van der Waals surface area contributed by atoms with Crippen LogP contribution < -0.4 is 5.32 Å². The summed E-state index contributed by atoms with van der Waals surface area (Å²) >= 11 is 5.74. The van der Waals surface area contributed by atoms with E-state index in [2.05, 4.69) is 10.3 Å². The maximum atomic E-state index is 13.4. The van der Waals surface area contributed by atoms with Crippen LogP contribution in [0.15, 0.2) is 66.0 Å². The van der Waals surface area contributed by atoms with E-state index in [4.69, 9.17) is 17.0 Å². The van der Waals surface area contributed by atoms with Crippen LogP contribution in [0.4, 0.5) is 10.1 Å². The average molecular weight is 545 g/mol. The lowest BCUT2D eigenvalue weighted by Gasteiger charge is -2.29. The van der Waals surface area contributed by atoms with Gasteiger partial charge in [0, 0.05) is 25.4 Å². The molecule has 3 aromatic rings. The molecule has 2 heterocycles. The quantitative estimate of drug-likeness (QED) is 0.359. The molecule has 37 heavy (non-hydrogen) atoms. The van der Waals surface area contributed by atoms with E-state index in [1.54, 1.807) is 35.0 Å². The summed E-state index contributed by atoms with van der Waals surface area (Å²) in [4.78, 5) is 6.36. The molecule has 1 atom stereocenters. The molecule has 7 nitrogen and oxygen atoms in total. The van der Waals surface area contributed by atoms with Crippen molar-refractivity contribution in [3.8, 4) is 0 Å². The van der Waals surface area contributed by atoms with Crippen LogP contribution in [0.1, 0.15) is 37.9 Å². The van der Waals surface area contributed by atoms with Gasteiger partial charge in [0.15, 0.2) is 5.11 Å². The van der Waals surface area contributed by atoms with Crippen molar-refractivity contribution >= 4 is 32.9 Å². The lowest BCUT2D eigenvalue weighted by atomic mass is 10.2. The second kappa shape index (κ2) is 12.1. The fourth-order valence-corrected chi connectivity index (χ4v) is 6.13. The minimum absolute atomic E-state index is 0.0238. The van der Waals surface area contributed by atoms with Crippen LogP contribution in [0.25, 0.3) is 0 Å². The molecule has 0 amide bonds. The molecule has 2 aromatic carbocycles. The number of thiocarbonyl (C=S) groups is 1. The lowest BCUT2D eigenvalue weighted by Crippen LogP contribution is -2.40. The van der Waals surface area contributed by atoms with E-state index in [-0.39, 0.29) is 28.7 Å². The minimum Gasteiger partial charge on any atom is -0.376 e. The van der Waals surface area contributed by atoms with Crippen molar-refractivity contribution in [2.75, 3.05) is 18.5 Å². The zero-order chi connectivity index (χ0) is 26.4. The third kappa shape index (κ3) is 7.37. The molecule has 1 aliphatic heterocycles. The maximum Gasteiger partial charge on any atom is 0.228 e. The van der Waals surface area contributed by atoms with E-state index >= 15 is 0 Å². The molecule has 1 aliphatic rings. The van der Waals surface area contributed by atoms with Gasteiger partial charge in [-0.3, -0.25) is 0 Å². The Morgan fingerprint density at radius 3 is 2.59 bits per heavy atom. The number of aromatic nitrogens is 2. The predicted molar refractivity (Wildman–Crippen MR) is 146 cm³/mol. The summed E-state index contributed by atoms with van der Waals surface area (Å²) < 4.78 is 47.8.